The number of hydrogen-bond acceptors (Lipinski definition) is 5. The van der Waals surface area contributed by atoms with Crippen LogP contribution in [0.2, 0.25) is 5.02 Å². The van der Waals surface area contributed by atoms with Gasteiger partial charge in [0.25, 0.3) is 0 Å². The molecule has 5 rings (SSSR count). The molecule has 1 aliphatic carbocycles. The summed E-state index contributed by atoms with van der Waals surface area (Å²) in [5.74, 6) is -0.696. The quantitative estimate of drug-likeness (QED) is 0.198. The molecule has 2 N–H and O–H groups in total. The summed E-state index contributed by atoms with van der Waals surface area (Å²) < 4.78 is 20.7. The van der Waals surface area contributed by atoms with Gasteiger partial charge >= 0.3 is 5.97 Å². The molecule has 3 aromatic carbocycles. The van der Waals surface area contributed by atoms with E-state index in [1.54, 1.807) is 24.5 Å². The number of carboxylic acid groups (broad SMARTS) is 1. The van der Waals surface area contributed by atoms with E-state index in [-0.39, 0.29) is 5.82 Å². The Balaban J connectivity index is 0.000000488. The monoisotopic (exact) mass is 614 g/mol. The summed E-state index contributed by atoms with van der Waals surface area (Å²) in [7, 11) is 0. The van der Waals surface area contributed by atoms with E-state index in [0.717, 1.165) is 58.7 Å². The number of nitrogens with zero attached hydrogens (tertiary/aromatic N) is 2. The third-order valence-corrected chi connectivity index (χ3v) is 8.42. The number of aliphatic hydroxyl groups is 1. The van der Waals surface area contributed by atoms with E-state index >= 15 is 0 Å². The number of benzene rings is 3. The number of carboxylic acids is 1. The van der Waals surface area contributed by atoms with Crippen LogP contribution in [0.3, 0.4) is 0 Å². The third kappa shape index (κ3) is 7.82. The average molecular weight is 615 g/mol. The summed E-state index contributed by atoms with van der Waals surface area (Å²) in [6.45, 7) is 5.33. The van der Waals surface area contributed by atoms with Crippen molar-refractivity contribution in [3.05, 3.63) is 117 Å². The van der Waals surface area contributed by atoms with Gasteiger partial charge in [0.1, 0.15) is 24.2 Å². The molecule has 0 saturated heterocycles. The highest BCUT2D eigenvalue weighted by atomic mass is 35.5. The first-order valence-electron chi connectivity index (χ1n) is 14.7. The van der Waals surface area contributed by atoms with Crippen LogP contribution in [0.5, 0.6) is 5.75 Å². The van der Waals surface area contributed by atoms with E-state index in [1.165, 1.54) is 31.0 Å². The third-order valence-electron chi connectivity index (χ3n) is 8.07. The summed E-state index contributed by atoms with van der Waals surface area (Å²) >= 11 is 6.74. The second-order valence-corrected chi connectivity index (χ2v) is 11.5. The summed E-state index contributed by atoms with van der Waals surface area (Å²) in [6.07, 6.45) is 6.00. The maximum Gasteiger partial charge on any atom is 0.308 e. The van der Waals surface area contributed by atoms with Gasteiger partial charge in [-0.25, -0.2) is 4.39 Å². The fraction of sp³-hybridized carbons (Fsp3) is 0.306. The van der Waals surface area contributed by atoms with Crippen molar-refractivity contribution in [2.24, 2.45) is 5.92 Å². The molecule has 1 heterocycles. The number of hydrogen-bond donors (Lipinski definition) is 2. The van der Waals surface area contributed by atoms with Gasteiger partial charge in [0.05, 0.1) is 17.6 Å². The molecule has 0 aliphatic heterocycles. The van der Waals surface area contributed by atoms with Crippen LogP contribution < -0.4 is 4.74 Å². The highest BCUT2D eigenvalue weighted by Crippen LogP contribution is 2.42. The second-order valence-electron chi connectivity index (χ2n) is 11.0. The molecule has 1 aliphatic rings. The Labute approximate surface area is 262 Å². The minimum absolute atomic E-state index is 0.190. The van der Waals surface area contributed by atoms with E-state index in [0.29, 0.717) is 23.7 Å². The standard InChI is InChI=1S/C31H26ClFN2O.C5H10O3/c1-2-22-14-29(32)24(15-31(22)36-19-21-12-20(16-34)17-35-18-21)13-23-10-11-27-25(23)7-5-8-26(27)28-6-3-4-9-30(28)33;1-3(4(2)6)5(7)8/h3-9,12,14-15,17-18,23H,2,10-11,13,19H2,1H3;3-4,6H,1-2H3,(H,7,8)/t23-;/m1./s1. The smallest absolute Gasteiger partial charge is 0.308 e. The normalized spacial score (nSPS) is 14.9. The minimum Gasteiger partial charge on any atom is -0.489 e. The van der Waals surface area contributed by atoms with Crippen molar-refractivity contribution in [3.63, 3.8) is 0 Å². The Morgan fingerprint density at radius 1 is 1.11 bits per heavy atom. The second kappa shape index (κ2) is 15.0. The van der Waals surface area contributed by atoms with Gasteiger partial charge in [-0.2, -0.15) is 5.26 Å². The molecule has 44 heavy (non-hydrogen) atoms. The van der Waals surface area contributed by atoms with Crippen LogP contribution in [-0.4, -0.2) is 27.3 Å². The summed E-state index contributed by atoms with van der Waals surface area (Å²) in [4.78, 5) is 14.1. The Bertz CT molecular complexity index is 1670. The van der Waals surface area contributed by atoms with E-state index in [2.05, 4.69) is 30.1 Å². The van der Waals surface area contributed by atoms with Gasteiger partial charge in [-0.3, -0.25) is 9.78 Å². The highest BCUT2D eigenvalue weighted by molar-refractivity contribution is 6.31. The first-order valence-corrected chi connectivity index (χ1v) is 15.1. The van der Waals surface area contributed by atoms with Crippen LogP contribution in [0.4, 0.5) is 4.39 Å². The van der Waals surface area contributed by atoms with Crippen molar-refractivity contribution in [2.45, 2.75) is 65.1 Å². The number of ether oxygens (including phenoxy) is 1. The fourth-order valence-corrected chi connectivity index (χ4v) is 5.61. The van der Waals surface area contributed by atoms with Crippen molar-refractivity contribution in [1.82, 2.24) is 4.98 Å². The zero-order valence-electron chi connectivity index (χ0n) is 25.1. The first-order chi connectivity index (χ1) is 21.1. The van der Waals surface area contributed by atoms with Crippen LogP contribution in [-0.2, 0) is 30.7 Å². The Morgan fingerprint density at radius 2 is 1.86 bits per heavy atom. The number of fused-ring (bicyclic) bond motifs is 1. The lowest BCUT2D eigenvalue weighted by Crippen LogP contribution is -2.21. The average Bonchev–Trinajstić information content (AvgIpc) is 3.44. The first kappa shape index (κ1) is 32.7. The number of pyridine rings is 1. The zero-order valence-corrected chi connectivity index (χ0v) is 25.8. The highest BCUT2D eigenvalue weighted by Gasteiger charge is 2.27. The molecule has 0 saturated carbocycles. The molecule has 1 aromatic heterocycles. The predicted molar refractivity (Wildman–Crippen MR) is 169 cm³/mol. The lowest BCUT2D eigenvalue weighted by molar-refractivity contribution is -0.144. The largest absolute Gasteiger partial charge is 0.489 e. The van der Waals surface area contributed by atoms with E-state index in [9.17, 15) is 9.18 Å². The molecule has 228 valence electrons. The van der Waals surface area contributed by atoms with E-state index in [4.69, 9.17) is 31.8 Å². The van der Waals surface area contributed by atoms with Gasteiger partial charge in [0.15, 0.2) is 0 Å². The van der Waals surface area contributed by atoms with E-state index in [1.807, 2.05) is 30.3 Å². The summed E-state index contributed by atoms with van der Waals surface area (Å²) in [5, 5.41) is 26.7. The molecule has 2 unspecified atom stereocenters. The van der Waals surface area contributed by atoms with Gasteiger partial charge in [-0.05, 0) is 97.5 Å². The van der Waals surface area contributed by atoms with Gasteiger partial charge in [-0.1, -0.05) is 54.9 Å². The molecule has 3 atom stereocenters. The molecular weight excluding hydrogens is 579 g/mol. The topological polar surface area (TPSA) is 103 Å². The molecule has 6 nitrogen and oxygen atoms in total. The van der Waals surface area contributed by atoms with Crippen LogP contribution in [0.1, 0.15) is 66.5 Å². The van der Waals surface area contributed by atoms with Crippen LogP contribution in [0.15, 0.2) is 73.1 Å². The van der Waals surface area contributed by atoms with Crippen molar-refractivity contribution in [2.75, 3.05) is 0 Å². The zero-order chi connectivity index (χ0) is 31.8. The molecule has 8 heteroatoms. The molecule has 0 spiro atoms. The van der Waals surface area contributed by atoms with Crippen molar-refractivity contribution < 1.29 is 24.1 Å². The number of aryl methyl sites for hydroxylation is 1. The lowest BCUT2D eigenvalue weighted by atomic mass is 9.90. The van der Waals surface area contributed by atoms with Gasteiger partial charge < -0.3 is 14.9 Å². The van der Waals surface area contributed by atoms with Crippen molar-refractivity contribution in [1.29, 1.82) is 5.26 Å². The van der Waals surface area contributed by atoms with Gasteiger partial charge in [-0.15, -0.1) is 0 Å². The minimum atomic E-state index is -0.958. The molecular formula is C36H36ClFN2O4. The summed E-state index contributed by atoms with van der Waals surface area (Å²) in [6, 6.07) is 21.2. The van der Waals surface area contributed by atoms with Gasteiger partial charge in [0, 0.05) is 28.5 Å². The Hall–Kier alpha value is -4.25. The molecule has 0 bridgehead atoms. The van der Waals surface area contributed by atoms with Crippen molar-refractivity contribution >= 4 is 17.6 Å². The summed E-state index contributed by atoms with van der Waals surface area (Å²) in [5.41, 5.74) is 7.59. The SMILES string of the molecule is CC(O)C(C)C(=O)O.CCc1cc(Cl)c(C[C@H]2CCc3c(-c4ccccc4F)cccc32)cc1OCc1cncc(C#N)c1. The number of aliphatic hydroxyl groups excluding tert-OH is 1. The number of halogens is 2. The van der Waals surface area contributed by atoms with Gasteiger partial charge in [0.2, 0.25) is 0 Å². The number of carbonyl (C=O) groups is 1. The molecule has 0 amide bonds. The molecule has 0 fully saturated rings. The van der Waals surface area contributed by atoms with Crippen LogP contribution in [0.25, 0.3) is 11.1 Å². The lowest BCUT2D eigenvalue weighted by Gasteiger charge is -2.18. The Morgan fingerprint density at radius 3 is 2.52 bits per heavy atom. The fourth-order valence-electron chi connectivity index (χ4n) is 5.35. The number of rotatable bonds is 9. The van der Waals surface area contributed by atoms with Crippen LogP contribution in [0, 0.1) is 23.1 Å². The number of nitriles is 1. The number of aliphatic carboxylic acids is 1. The maximum absolute atomic E-state index is 14.5. The maximum atomic E-state index is 14.5. The van der Waals surface area contributed by atoms with Crippen molar-refractivity contribution in [3.8, 4) is 22.9 Å². The predicted octanol–water partition coefficient (Wildman–Crippen LogP) is 7.91. The number of aromatic nitrogens is 1. The molecule has 0 radical (unpaired) electrons. The Kier molecular flexibility index (Phi) is 11.1. The van der Waals surface area contributed by atoms with E-state index < -0.39 is 18.0 Å². The van der Waals surface area contributed by atoms with Crippen LogP contribution >= 0.6 is 11.6 Å². The molecule has 4 aromatic rings.